The number of nitrogens with zero attached hydrogens (tertiary/aromatic N) is 2. The van der Waals surface area contributed by atoms with Gasteiger partial charge in [0.15, 0.2) is 4.90 Å². The van der Waals surface area contributed by atoms with Crippen molar-refractivity contribution in [2.75, 3.05) is 5.73 Å². The minimum Gasteiger partial charge on any atom is -0.393 e. The molecule has 3 N–H and O–H groups in total. The molecular formula is C11H12N4O4S2. The lowest BCUT2D eigenvalue weighted by Crippen LogP contribution is -2.24. The molecule has 2 aromatic rings. The fraction of sp³-hybridized carbons (Fsp3) is 0.182. The lowest BCUT2D eigenvalue weighted by atomic mass is 10.3. The third-order valence-corrected chi connectivity index (χ3v) is 4.98. The van der Waals surface area contributed by atoms with E-state index in [2.05, 4.69) is 9.71 Å². The molecule has 0 aliphatic heterocycles. The number of benzene rings is 1. The zero-order valence-corrected chi connectivity index (χ0v) is 12.6. The highest BCUT2D eigenvalue weighted by Gasteiger charge is 2.28. The standard InChI is InChI=1S/C11H12N4O4S2/c1-7-6-20-10(14-7)5-13-21(18,19)9-4-2-3-8(12)11(9)15(16)17/h2-4,6,13H,5,12H2,1H3. The number of nitrogens with one attached hydrogen (secondary N) is 1. The molecule has 8 nitrogen and oxygen atoms in total. The van der Waals surface area contributed by atoms with E-state index < -0.39 is 25.5 Å². The summed E-state index contributed by atoms with van der Waals surface area (Å²) in [5.41, 5.74) is 5.44. The molecular weight excluding hydrogens is 316 g/mol. The summed E-state index contributed by atoms with van der Waals surface area (Å²) in [6.45, 7) is 1.75. The van der Waals surface area contributed by atoms with Gasteiger partial charge in [0.25, 0.3) is 0 Å². The van der Waals surface area contributed by atoms with Gasteiger partial charge in [-0.05, 0) is 19.1 Å². The van der Waals surface area contributed by atoms with E-state index in [0.29, 0.717) is 5.01 Å². The fourth-order valence-electron chi connectivity index (χ4n) is 1.67. The van der Waals surface area contributed by atoms with Gasteiger partial charge in [-0.2, -0.15) is 0 Å². The maximum Gasteiger partial charge on any atom is 0.312 e. The zero-order valence-electron chi connectivity index (χ0n) is 10.9. The number of thiazole rings is 1. The second-order valence-corrected chi connectivity index (χ2v) is 6.84. The predicted molar refractivity (Wildman–Crippen MR) is 78.4 cm³/mol. The highest BCUT2D eigenvalue weighted by Crippen LogP contribution is 2.29. The Morgan fingerprint density at radius 2 is 2.19 bits per heavy atom. The van der Waals surface area contributed by atoms with E-state index in [0.717, 1.165) is 11.8 Å². The molecule has 0 aliphatic carbocycles. The van der Waals surface area contributed by atoms with E-state index in [1.54, 1.807) is 12.3 Å². The molecule has 10 heteroatoms. The van der Waals surface area contributed by atoms with Gasteiger partial charge >= 0.3 is 5.69 Å². The highest BCUT2D eigenvalue weighted by molar-refractivity contribution is 7.89. The first-order valence-electron chi connectivity index (χ1n) is 5.75. The Bertz CT molecular complexity index is 785. The van der Waals surface area contributed by atoms with Crippen LogP contribution in [-0.2, 0) is 16.6 Å². The van der Waals surface area contributed by atoms with Gasteiger partial charge in [-0.3, -0.25) is 10.1 Å². The maximum absolute atomic E-state index is 12.2. The van der Waals surface area contributed by atoms with E-state index in [1.807, 2.05) is 0 Å². The van der Waals surface area contributed by atoms with E-state index in [1.165, 1.54) is 23.5 Å². The van der Waals surface area contributed by atoms with E-state index in [4.69, 9.17) is 5.73 Å². The molecule has 0 amide bonds. The van der Waals surface area contributed by atoms with Crippen LogP contribution in [0.25, 0.3) is 0 Å². The first-order valence-corrected chi connectivity index (χ1v) is 8.11. The molecule has 112 valence electrons. The number of rotatable bonds is 5. The summed E-state index contributed by atoms with van der Waals surface area (Å²) in [6.07, 6.45) is 0. The van der Waals surface area contributed by atoms with Crippen LogP contribution in [0.4, 0.5) is 11.4 Å². The average molecular weight is 328 g/mol. The van der Waals surface area contributed by atoms with Crippen LogP contribution in [-0.4, -0.2) is 18.3 Å². The summed E-state index contributed by atoms with van der Waals surface area (Å²) < 4.78 is 26.7. The number of nitrogen functional groups attached to an aromatic ring is 1. The smallest absolute Gasteiger partial charge is 0.312 e. The Labute approximate surface area is 124 Å². The van der Waals surface area contributed by atoms with Crippen molar-refractivity contribution in [3.8, 4) is 0 Å². The third kappa shape index (κ3) is 3.35. The minimum absolute atomic E-state index is 0.0349. The van der Waals surface area contributed by atoms with Gasteiger partial charge in [0.2, 0.25) is 10.0 Å². The van der Waals surface area contributed by atoms with Crippen LogP contribution in [0.1, 0.15) is 10.7 Å². The molecule has 1 aromatic carbocycles. The molecule has 2 rings (SSSR count). The monoisotopic (exact) mass is 328 g/mol. The summed E-state index contributed by atoms with van der Waals surface area (Å²) in [5.74, 6) is 0. The number of aromatic nitrogens is 1. The summed E-state index contributed by atoms with van der Waals surface area (Å²) in [6, 6.07) is 3.77. The van der Waals surface area contributed by atoms with Crippen molar-refractivity contribution in [2.24, 2.45) is 0 Å². The molecule has 1 aromatic heterocycles. The molecule has 0 unspecified atom stereocenters. The van der Waals surface area contributed by atoms with Gasteiger partial charge in [0.05, 0.1) is 11.5 Å². The van der Waals surface area contributed by atoms with Crippen LogP contribution in [0.2, 0.25) is 0 Å². The van der Waals surface area contributed by atoms with Crippen molar-refractivity contribution in [2.45, 2.75) is 18.4 Å². The molecule has 0 aliphatic rings. The third-order valence-electron chi connectivity index (χ3n) is 2.58. The number of hydrogen-bond donors (Lipinski definition) is 2. The molecule has 0 radical (unpaired) electrons. The van der Waals surface area contributed by atoms with Gasteiger partial charge < -0.3 is 5.73 Å². The quantitative estimate of drug-likeness (QED) is 0.485. The van der Waals surface area contributed by atoms with E-state index in [9.17, 15) is 18.5 Å². The normalized spacial score (nSPS) is 11.5. The van der Waals surface area contributed by atoms with Crippen LogP contribution >= 0.6 is 11.3 Å². The number of para-hydroxylation sites is 1. The summed E-state index contributed by atoms with van der Waals surface area (Å²) in [7, 11) is -4.05. The van der Waals surface area contributed by atoms with Gasteiger partial charge in [0, 0.05) is 11.1 Å². The lowest BCUT2D eigenvalue weighted by molar-refractivity contribution is -0.386. The Balaban J connectivity index is 2.32. The van der Waals surface area contributed by atoms with Gasteiger partial charge in [-0.15, -0.1) is 11.3 Å². The Kier molecular flexibility index (Phi) is 4.21. The molecule has 0 saturated heterocycles. The molecule has 0 spiro atoms. The van der Waals surface area contributed by atoms with Gasteiger partial charge in [-0.25, -0.2) is 18.1 Å². The number of nitro groups is 1. The molecule has 1 heterocycles. The Morgan fingerprint density at radius 3 is 2.76 bits per heavy atom. The van der Waals surface area contributed by atoms with Crippen molar-refractivity contribution in [3.63, 3.8) is 0 Å². The van der Waals surface area contributed by atoms with Crippen molar-refractivity contribution >= 4 is 32.7 Å². The fourth-order valence-corrected chi connectivity index (χ4v) is 3.66. The van der Waals surface area contributed by atoms with Crippen molar-refractivity contribution < 1.29 is 13.3 Å². The highest BCUT2D eigenvalue weighted by atomic mass is 32.2. The lowest BCUT2D eigenvalue weighted by Gasteiger charge is -2.07. The second-order valence-electron chi connectivity index (χ2n) is 4.16. The predicted octanol–water partition coefficient (Wildman–Crippen LogP) is 1.42. The van der Waals surface area contributed by atoms with Gasteiger partial charge in [0.1, 0.15) is 10.7 Å². The number of sulfonamides is 1. The topological polar surface area (TPSA) is 128 Å². The summed E-state index contributed by atoms with van der Waals surface area (Å²) in [4.78, 5) is 13.8. The van der Waals surface area contributed by atoms with Crippen molar-refractivity contribution in [3.05, 3.63) is 44.4 Å². The molecule has 0 fully saturated rings. The largest absolute Gasteiger partial charge is 0.393 e. The minimum atomic E-state index is -4.05. The van der Waals surface area contributed by atoms with Crippen LogP contribution in [0.5, 0.6) is 0 Å². The maximum atomic E-state index is 12.2. The Morgan fingerprint density at radius 1 is 1.48 bits per heavy atom. The SMILES string of the molecule is Cc1csc(CNS(=O)(=O)c2cccc(N)c2[N+](=O)[O-])n1. The molecule has 21 heavy (non-hydrogen) atoms. The zero-order chi connectivity index (χ0) is 15.6. The molecule has 0 saturated carbocycles. The summed E-state index contributed by atoms with van der Waals surface area (Å²) in [5, 5.41) is 13.3. The molecule has 0 atom stereocenters. The van der Waals surface area contributed by atoms with Crippen molar-refractivity contribution in [1.29, 1.82) is 0 Å². The second kappa shape index (κ2) is 5.76. The number of nitrogens with two attached hydrogens (primary N) is 1. The van der Waals surface area contributed by atoms with E-state index >= 15 is 0 Å². The van der Waals surface area contributed by atoms with E-state index in [-0.39, 0.29) is 12.2 Å². The van der Waals surface area contributed by atoms with Gasteiger partial charge in [-0.1, -0.05) is 6.07 Å². The van der Waals surface area contributed by atoms with Crippen LogP contribution < -0.4 is 10.5 Å². The Hall–Kier alpha value is -2.04. The number of nitro benzene ring substituents is 1. The number of anilines is 1. The first-order chi connectivity index (χ1) is 9.81. The first kappa shape index (κ1) is 15.4. The van der Waals surface area contributed by atoms with Crippen LogP contribution in [0.3, 0.4) is 0 Å². The van der Waals surface area contributed by atoms with Crippen molar-refractivity contribution in [1.82, 2.24) is 9.71 Å². The van der Waals surface area contributed by atoms with Crippen LogP contribution in [0, 0.1) is 17.0 Å². The van der Waals surface area contributed by atoms with Crippen LogP contribution in [0.15, 0.2) is 28.5 Å². The number of aryl methyl sites for hydroxylation is 1. The number of hydrogen-bond acceptors (Lipinski definition) is 7. The average Bonchev–Trinajstić information content (AvgIpc) is 2.82. The molecule has 0 bridgehead atoms. The summed E-state index contributed by atoms with van der Waals surface area (Å²) >= 11 is 1.30.